The molecule has 0 saturated carbocycles. The standard InChI is InChI=1S/C24H34N2O5/c1-16-6-5-9-26(15-16)21(27)19-12-18(13-20(14-19)22(28)29)17-7-10-25(11-8-17)23(30)31-24(2,3)4/h12-14,16-17H,5-11,15H2,1-4H3,(H,28,29). The normalized spacial score (nSPS) is 20.5. The van der Waals surface area contributed by atoms with Crippen LogP contribution in [0, 0.1) is 5.92 Å². The minimum Gasteiger partial charge on any atom is -0.478 e. The summed E-state index contributed by atoms with van der Waals surface area (Å²) in [4.78, 5) is 40.7. The molecular formula is C24H34N2O5. The summed E-state index contributed by atoms with van der Waals surface area (Å²) in [7, 11) is 0. The lowest BCUT2D eigenvalue weighted by Crippen LogP contribution is -2.41. The third-order valence-electron chi connectivity index (χ3n) is 6.01. The lowest BCUT2D eigenvalue weighted by molar-refractivity contribution is 0.0204. The molecule has 2 heterocycles. The van der Waals surface area contributed by atoms with Crippen molar-refractivity contribution in [2.24, 2.45) is 5.92 Å². The summed E-state index contributed by atoms with van der Waals surface area (Å²) in [5.41, 5.74) is 0.904. The second kappa shape index (κ2) is 9.28. The van der Waals surface area contributed by atoms with Gasteiger partial charge in [0.1, 0.15) is 5.60 Å². The zero-order valence-corrected chi connectivity index (χ0v) is 19.0. The number of likely N-dealkylation sites (tertiary alicyclic amines) is 2. The van der Waals surface area contributed by atoms with Crippen molar-refractivity contribution in [2.45, 2.75) is 64.9 Å². The highest BCUT2D eigenvalue weighted by Gasteiger charge is 2.29. The summed E-state index contributed by atoms with van der Waals surface area (Å²) in [6.07, 6.45) is 3.18. The molecule has 3 rings (SSSR count). The average molecular weight is 431 g/mol. The van der Waals surface area contributed by atoms with Crippen LogP contribution in [-0.2, 0) is 4.74 Å². The third-order valence-corrected chi connectivity index (χ3v) is 6.01. The molecule has 0 bridgehead atoms. The first-order valence-electron chi connectivity index (χ1n) is 11.2. The third kappa shape index (κ3) is 5.99. The van der Waals surface area contributed by atoms with Gasteiger partial charge in [-0.2, -0.15) is 0 Å². The fourth-order valence-corrected chi connectivity index (χ4v) is 4.41. The first kappa shape index (κ1) is 23.1. The first-order chi connectivity index (χ1) is 14.5. The quantitative estimate of drug-likeness (QED) is 0.769. The van der Waals surface area contributed by atoms with Crippen molar-refractivity contribution in [3.05, 3.63) is 34.9 Å². The number of carbonyl (C=O) groups is 3. The molecule has 1 atom stereocenters. The van der Waals surface area contributed by atoms with E-state index in [-0.39, 0.29) is 23.5 Å². The van der Waals surface area contributed by atoms with Crippen LogP contribution in [0.5, 0.6) is 0 Å². The van der Waals surface area contributed by atoms with Gasteiger partial charge in [-0.15, -0.1) is 0 Å². The molecule has 7 heteroatoms. The zero-order valence-electron chi connectivity index (χ0n) is 19.0. The summed E-state index contributed by atoms with van der Waals surface area (Å²) < 4.78 is 5.45. The molecule has 1 N–H and O–H groups in total. The highest BCUT2D eigenvalue weighted by atomic mass is 16.6. The first-order valence-corrected chi connectivity index (χ1v) is 11.2. The molecular weight excluding hydrogens is 396 g/mol. The second-order valence-electron chi connectivity index (χ2n) is 9.89. The van der Waals surface area contributed by atoms with Crippen molar-refractivity contribution in [2.75, 3.05) is 26.2 Å². The van der Waals surface area contributed by atoms with Crippen LogP contribution >= 0.6 is 0 Å². The Kier molecular flexibility index (Phi) is 6.92. The fraction of sp³-hybridized carbons (Fsp3) is 0.625. The topological polar surface area (TPSA) is 87.2 Å². The SMILES string of the molecule is CC1CCCN(C(=O)c2cc(C(=O)O)cc(C3CCN(C(=O)OC(C)(C)C)CC3)c2)C1. The van der Waals surface area contributed by atoms with Crippen LogP contribution in [0.15, 0.2) is 18.2 Å². The van der Waals surface area contributed by atoms with Gasteiger partial charge in [-0.25, -0.2) is 9.59 Å². The molecule has 7 nitrogen and oxygen atoms in total. The summed E-state index contributed by atoms with van der Waals surface area (Å²) >= 11 is 0. The number of hydrogen-bond donors (Lipinski definition) is 1. The summed E-state index contributed by atoms with van der Waals surface area (Å²) in [6, 6.07) is 5.01. The minimum absolute atomic E-state index is 0.0953. The Bertz CT molecular complexity index is 837. The van der Waals surface area contributed by atoms with Crippen molar-refractivity contribution >= 4 is 18.0 Å². The molecule has 2 aliphatic heterocycles. The van der Waals surface area contributed by atoms with Gasteiger partial charge in [0.25, 0.3) is 5.91 Å². The van der Waals surface area contributed by atoms with Crippen LogP contribution < -0.4 is 0 Å². The molecule has 2 aliphatic rings. The number of amides is 2. The van der Waals surface area contributed by atoms with E-state index in [9.17, 15) is 19.5 Å². The Morgan fingerprint density at radius 3 is 2.19 bits per heavy atom. The monoisotopic (exact) mass is 430 g/mol. The lowest BCUT2D eigenvalue weighted by atomic mass is 9.87. The van der Waals surface area contributed by atoms with Crippen LogP contribution in [0.3, 0.4) is 0 Å². The zero-order chi connectivity index (χ0) is 22.8. The van der Waals surface area contributed by atoms with Crippen LogP contribution in [0.1, 0.15) is 85.6 Å². The molecule has 0 aliphatic carbocycles. The Balaban J connectivity index is 1.75. The number of carboxylic acid groups (broad SMARTS) is 1. The molecule has 1 unspecified atom stereocenters. The number of ether oxygens (including phenoxy) is 1. The second-order valence-corrected chi connectivity index (χ2v) is 9.89. The predicted octanol–water partition coefficient (Wildman–Crippen LogP) is 4.37. The number of benzene rings is 1. The number of carboxylic acids is 1. The van der Waals surface area contributed by atoms with Crippen molar-refractivity contribution in [3.63, 3.8) is 0 Å². The van der Waals surface area contributed by atoms with Crippen LogP contribution in [-0.4, -0.2) is 64.7 Å². The molecule has 0 spiro atoms. The van der Waals surface area contributed by atoms with E-state index in [2.05, 4.69) is 6.92 Å². The smallest absolute Gasteiger partial charge is 0.410 e. The van der Waals surface area contributed by atoms with Crippen molar-refractivity contribution in [3.8, 4) is 0 Å². The van der Waals surface area contributed by atoms with E-state index in [0.29, 0.717) is 50.5 Å². The van der Waals surface area contributed by atoms with Gasteiger partial charge in [-0.05, 0) is 82.1 Å². The number of aromatic carboxylic acids is 1. The van der Waals surface area contributed by atoms with Gasteiger partial charge in [0.15, 0.2) is 0 Å². The number of rotatable bonds is 3. The Morgan fingerprint density at radius 1 is 0.968 bits per heavy atom. The van der Waals surface area contributed by atoms with Gasteiger partial charge in [0.05, 0.1) is 5.56 Å². The van der Waals surface area contributed by atoms with E-state index < -0.39 is 11.6 Å². The maximum Gasteiger partial charge on any atom is 0.410 e. The number of hydrogen-bond acceptors (Lipinski definition) is 4. The van der Waals surface area contributed by atoms with Crippen molar-refractivity contribution in [1.82, 2.24) is 9.80 Å². The van der Waals surface area contributed by atoms with E-state index in [1.807, 2.05) is 31.7 Å². The van der Waals surface area contributed by atoms with Crippen LogP contribution in [0.2, 0.25) is 0 Å². The summed E-state index contributed by atoms with van der Waals surface area (Å²) in [5.74, 6) is -0.571. The highest BCUT2D eigenvalue weighted by molar-refractivity contribution is 5.98. The van der Waals surface area contributed by atoms with Gasteiger partial charge in [0.2, 0.25) is 0 Å². The molecule has 2 saturated heterocycles. The molecule has 170 valence electrons. The van der Waals surface area contributed by atoms with Crippen molar-refractivity contribution < 1.29 is 24.2 Å². The lowest BCUT2D eigenvalue weighted by Gasteiger charge is -2.34. The molecule has 1 aromatic carbocycles. The maximum atomic E-state index is 13.1. The van der Waals surface area contributed by atoms with E-state index in [0.717, 1.165) is 18.4 Å². The molecule has 1 aromatic rings. The minimum atomic E-state index is -1.03. The molecule has 2 amide bonds. The number of carbonyl (C=O) groups excluding carboxylic acids is 2. The molecule has 2 fully saturated rings. The summed E-state index contributed by atoms with van der Waals surface area (Å²) in [6.45, 7) is 10.2. The fourth-order valence-electron chi connectivity index (χ4n) is 4.41. The Morgan fingerprint density at radius 2 is 1.61 bits per heavy atom. The number of piperidine rings is 2. The van der Waals surface area contributed by atoms with Gasteiger partial charge in [-0.1, -0.05) is 6.92 Å². The molecule has 0 aromatic heterocycles. The maximum absolute atomic E-state index is 13.1. The molecule has 31 heavy (non-hydrogen) atoms. The number of nitrogens with zero attached hydrogens (tertiary/aromatic N) is 2. The van der Waals surface area contributed by atoms with Gasteiger partial charge >= 0.3 is 12.1 Å². The van der Waals surface area contributed by atoms with Gasteiger partial charge < -0.3 is 19.6 Å². The molecule has 0 radical (unpaired) electrons. The van der Waals surface area contributed by atoms with Crippen molar-refractivity contribution in [1.29, 1.82) is 0 Å². The van der Waals surface area contributed by atoms with Crippen LogP contribution in [0.4, 0.5) is 4.79 Å². The average Bonchev–Trinajstić information content (AvgIpc) is 2.71. The van der Waals surface area contributed by atoms with E-state index in [1.54, 1.807) is 11.0 Å². The summed E-state index contributed by atoms with van der Waals surface area (Å²) in [5, 5.41) is 9.59. The van der Waals surface area contributed by atoms with E-state index in [4.69, 9.17) is 4.74 Å². The Labute approximate surface area is 184 Å². The van der Waals surface area contributed by atoms with Crippen LogP contribution in [0.25, 0.3) is 0 Å². The van der Waals surface area contributed by atoms with Gasteiger partial charge in [0, 0.05) is 31.7 Å². The highest BCUT2D eigenvalue weighted by Crippen LogP contribution is 2.31. The van der Waals surface area contributed by atoms with E-state index in [1.165, 1.54) is 6.07 Å². The largest absolute Gasteiger partial charge is 0.478 e. The predicted molar refractivity (Wildman–Crippen MR) is 117 cm³/mol. The van der Waals surface area contributed by atoms with E-state index >= 15 is 0 Å². The Hall–Kier alpha value is -2.57. The van der Waals surface area contributed by atoms with Gasteiger partial charge in [-0.3, -0.25) is 4.79 Å².